The highest BCUT2D eigenvalue weighted by Crippen LogP contribution is 2.35. The summed E-state index contributed by atoms with van der Waals surface area (Å²) in [5, 5.41) is 10.4. The van der Waals surface area contributed by atoms with Crippen LogP contribution in [0.4, 0.5) is 27.8 Å². The Bertz CT molecular complexity index is 458. The summed E-state index contributed by atoms with van der Waals surface area (Å²) in [4.78, 5) is 11.7. The van der Waals surface area contributed by atoms with Crippen molar-refractivity contribution in [3.63, 3.8) is 0 Å². The smallest absolute Gasteiger partial charge is 0.358 e. The first-order valence-corrected chi connectivity index (χ1v) is 4.16. The second-order valence-corrected chi connectivity index (χ2v) is 3.12. The average Bonchev–Trinajstić information content (AvgIpc) is 2.13. The molecule has 17 heavy (non-hydrogen) atoms. The SMILES string of the molecule is Cc1cc(C(F)(F)F)nc([N+](=O)[O-])c1C(F)F. The molecule has 0 radical (unpaired) electrons. The van der Waals surface area contributed by atoms with Crippen LogP contribution in [0.25, 0.3) is 0 Å². The highest BCUT2D eigenvalue weighted by molar-refractivity contribution is 5.42. The van der Waals surface area contributed by atoms with Crippen molar-refractivity contribution >= 4 is 5.82 Å². The van der Waals surface area contributed by atoms with Crippen molar-refractivity contribution in [1.29, 1.82) is 0 Å². The third kappa shape index (κ3) is 2.66. The van der Waals surface area contributed by atoms with Crippen molar-refractivity contribution in [3.8, 4) is 0 Å². The zero-order valence-corrected chi connectivity index (χ0v) is 8.26. The fourth-order valence-corrected chi connectivity index (χ4v) is 1.22. The minimum atomic E-state index is -4.92. The van der Waals surface area contributed by atoms with E-state index in [0.717, 1.165) is 6.92 Å². The molecule has 0 saturated carbocycles. The summed E-state index contributed by atoms with van der Waals surface area (Å²) in [6.45, 7) is 0.936. The monoisotopic (exact) mass is 256 g/mol. The largest absolute Gasteiger partial charge is 0.458 e. The maximum atomic E-state index is 12.5. The fraction of sp³-hybridized carbons (Fsp3) is 0.375. The van der Waals surface area contributed by atoms with Gasteiger partial charge in [0.15, 0.2) is 0 Å². The lowest BCUT2D eigenvalue weighted by atomic mass is 10.1. The number of pyridine rings is 1. The molecule has 1 aromatic heterocycles. The van der Waals surface area contributed by atoms with Crippen molar-refractivity contribution in [2.75, 3.05) is 0 Å². The van der Waals surface area contributed by atoms with Gasteiger partial charge in [-0.05, 0) is 28.5 Å². The van der Waals surface area contributed by atoms with Gasteiger partial charge in [0.2, 0.25) is 0 Å². The van der Waals surface area contributed by atoms with E-state index < -0.39 is 40.2 Å². The van der Waals surface area contributed by atoms with Crippen molar-refractivity contribution in [2.45, 2.75) is 19.5 Å². The van der Waals surface area contributed by atoms with Gasteiger partial charge in [-0.3, -0.25) is 0 Å². The molecular weight excluding hydrogens is 251 g/mol. The molecule has 1 rings (SSSR count). The summed E-state index contributed by atoms with van der Waals surface area (Å²) < 4.78 is 61.7. The van der Waals surface area contributed by atoms with Crippen LogP contribution in [-0.2, 0) is 6.18 Å². The summed E-state index contributed by atoms with van der Waals surface area (Å²) >= 11 is 0. The molecule has 4 nitrogen and oxygen atoms in total. The lowest BCUT2D eigenvalue weighted by molar-refractivity contribution is -0.391. The Morgan fingerprint density at radius 1 is 1.41 bits per heavy atom. The van der Waals surface area contributed by atoms with Gasteiger partial charge < -0.3 is 10.1 Å². The molecule has 1 aromatic rings. The van der Waals surface area contributed by atoms with Gasteiger partial charge >= 0.3 is 12.0 Å². The zero-order valence-electron chi connectivity index (χ0n) is 8.26. The Balaban J connectivity index is 3.53. The highest BCUT2D eigenvalue weighted by atomic mass is 19.4. The molecular formula is C8H5F5N2O2. The Morgan fingerprint density at radius 2 is 1.94 bits per heavy atom. The summed E-state index contributed by atoms with van der Waals surface area (Å²) in [6, 6.07) is 0.356. The van der Waals surface area contributed by atoms with Crippen molar-refractivity contribution < 1.29 is 26.9 Å². The Kier molecular flexibility index (Phi) is 3.30. The molecule has 0 atom stereocenters. The van der Waals surface area contributed by atoms with E-state index in [9.17, 15) is 32.1 Å². The van der Waals surface area contributed by atoms with E-state index in [1.807, 2.05) is 0 Å². The Hall–Kier alpha value is -1.80. The standard InChI is InChI=1S/C8H5F5N2O2/c1-3-2-4(8(11,12)13)14-7(15(16)17)5(3)6(9)10/h2,6H,1H3. The minimum absolute atomic E-state index is 0.356. The van der Waals surface area contributed by atoms with Gasteiger partial charge in [0.1, 0.15) is 5.56 Å². The molecule has 0 fully saturated rings. The molecule has 94 valence electrons. The van der Waals surface area contributed by atoms with Crippen LogP contribution < -0.4 is 0 Å². The second kappa shape index (κ2) is 4.22. The van der Waals surface area contributed by atoms with Crippen LogP contribution in [0.1, 0.15) is 23.2 Å². The molecule has 0 aliphatic rings. The van der Waals surface area contributed by atoms with E-state index in [1.54, 1.807) is 0 Å². The molecule has 1 heterocycles. The first-order valence-electron chi connectivity index (χ1n) is 4.16. The predicted molar refractivity (Wildman–Crippen MR) is 45.6 cm³/mol. The maximum Gasteiger partial charge on any atom is 0.458 e. The van der Waals surface area contributed by atoms with Gasteiger partial charge in [0, 0.05) is 0 Å². The molecule has 0 bridgehead atoms. The van der Waals surface area contributed by atoms with Gasteiger partial charge in [-0.2, -0.15) is 13.2 Å². The number of hydrogen-bond donors (Lipinski definition) is 0. The number of hydrogen-bond acceptors (Lipinski definition) is 3. The summed E-state index contributed by atoms with van der Waals surface area (Å²) in [7, 11) is 0. The van der Waals surface area contributed by atoms with Gasteiger partial charge in [-0.25, -0.2) is 8.78 Å². The van der Waals surface area contributed by atoms with E-state index in [0.29, 0.717) is 6.07 Å². The third-order valence-electron chi connectivity index (χ3n) is 1.93. The van der Waals surface area contributed by atoms with Gasteiger partial charge in [-0.15, -0.1) is 0 Å². The molecule has 0 amide bonds. The Labute approximate surface area is 91.2 Å². The second-order valence-electron chi connectivity index (χ2n) is 3.12. The maximum absolute atomic E-state index is 12.5. The molecule has 0 saturated heterocycles. The lowest BCUT2D eigenvalue weighted by Gasteiger charge is -2.08. The van der Waals surface area contributed by atoms with Crippen molar-refractivity contribution in [1.82, 2.24) is 4.98 Å². The van der Waals surface area contributed by atoms with E-state index in [1.165, 1.54) is 0 Å². The molecule has 0 aromatic carbocycles. The molecule has 0 aliphatic carbocycles. The van der Waals surface area contributed by atoms with E-state index in [-0.39, 0.29) is 0 Å². The van der Waals surface area contributed by atoms with E-state index in [2.05, 4.69) is 4.98 Å². The number of aryl methyl sites for hydroxylation is 1. The van der Waals surface area contributed by atoms with Crippen molar-refractivity contribution in [3.05, 3.63) is 33.0 Å². The van der Waals surface area contributed by atoms with Crippen LogP contribution in [0.3, 0.4) is 0 Å². The number of halogens is 5. The van der Waals surface area contributed by atoms with E-state index >= 15 is 0 Å². The number of aromatic nitrogens is 1. The first kappa shape index (κ1) is 13.3. The van der Waals surface area contributed by atoms with Crippen LogP contribution in [0.15, 0.2) is 6.07 Å². The van der Waals surface area contributed by atoms with Crippen molar-refractivity contribution in [2.24, 2.45) is 0 Å². The normalized spacial score (nSPS) is 11.9. The van der Waals surface area contributed by atoms with Crippen LogP contribution >= 0.6 is 0 Å². The van der Waals surface area contributed by atoms with Crippen LogP contribution in [0, 0.1) is 17.0 Å². The minimum Gasteiger partial charge on any atom is -0.358 e. The van der Waals surface area contributed by atoms with Crippen LogP contribution in [0.2, 0.25) is 0 Å². The number of nitrogens with zero attached hydrogens (tertiary/aromatic N) is 2. The van der Waals surface area contributed by atoms with Crippen LogP contribution in [-0.4, -0.2) is 9.91 Å². The summed E-state index contributed by atoms with van der Waals surface area (Å²) in [5.41, 5.74) is -3.18. The quantitative estimate of drug-likeness (QED) is 0.463. The molecule has 0 N–H and O–H groups in total. The van der Waals surface area contributed by atoms with Gasteiger partial charge in [-0.1, -0.05) is 0 Å². The lowest BCUT2D eigenvalue weighted by Crippen LogP contribution is -2.12. The third-order valence-corrected chi connectivity index (χ3v) is 1.93. The van der Waals surface area contributed by atoms with E-state index in [4.69, 9.17) is 0 Å². The fourth-order valence-electron chi connectivity index (χ4n) is 1.22. The van der Waals surface area contributed by atoms with Gasteiger partial charge in [0.25, 0.3) is 12.1 Å². The number of alkyl halides is 5. The average molecular weight is 256 g/mol. The molecule has 0 spiro atoms. The molecule has 9 heteroatoms. The number of rotatable bonds is 2. The number of nitro groups is 1. The van der Waals surface area contributed by atoms with Crippen LogP contribution in [0.5, 0.6) is 0 Å². The highest BCUT2D eigenvalue weighted by Gasteiger charge is 2.40. The summed E-state index contributed by atoms with van der Waals surface area (Å²) in [5.74, 6) is -1.47. The zero-order chi connectivity index (χ0) is 13.4. The molecule has 0 aliphatic heterocycles. The van der Waals surface area contributed by atoms with Gasteiger partial charge in [0.05, 0.1) is 0 Å². The Morgan fingerprint density at radius 3 is 2.29 bits per heavy atom. The topological polar surface area (TPSA) is 56.0 Å². The molecule has 0 unspecified atom stereocenters. The summed E-state index contributed by atoms with van der Waals surface area (Å²) in [6.07, 6.45) is -8.18. The first-order chi connectivity index (χ1) is 7.64. The predicted octanol–water partition coefficient (Wildman–Crippen LogP) is 3.25.